The van der Waals surface area contributed by atoms with Crippen LogP contribution in [0.5, 0.6) is 0 Å². The molecule has 1 amide bonds. The van der Waals surface area contributed by atoms with E-state index in [-0.39, 0.29) is 0 Å². The highest BCUT2D eigenvalue weighted by molar-refractivity contribution is 5.96. The SMILES string of the molecule is NC(=O)c1ccc2cncc(N3CCCCC3)c2n1. The van der Waals surface area contributed by atoms with E-state index < -0.39 is 5.91 Å². The van der Waals surface area contributed by atoms with Crippen LogP contribution in [0.15, 0.2) is 24.5 Å². The molecule has 0 aliphatic carbocycles. The fourth-order valence-corrected chi connectivity index (χ4v) is 2.53. The Hall–Kier alpha value is -2.17. The molecule has 2 aromatic heterocycles. The Kier molecular flexibility index (Phi) is 3.03. The zero-order valence-electron chi connectivity index (χ0n) is 10.7. The van der Waals surface area contributed by atoms with Gasteiger partial charge in [-0.25, -0.2) is 4.98 Å². The van der Waals surface area contributed by atoms with Gasteiger partial charge in [-0.05, 0) is 31.4 Å². The molecule has 0 atom stereocenters. The zero-order valence-corrected chi connectivity index (χ0v) is 10.7. The standard InChI is InChI=1S/C14H16N4O/c15-14(19)11-5-4-10-8-16-9-12(13(10)17-11)18-6-2-1-3-7-18/h4-5,8-9H,1-3,6-7H2,(H2,15,19). The van der Waals surface area contributed by atoms with Gasteiger partial charge in [-0.1, -0.05) is 0 Å². The Bertz CT molecular complexity index is 620. The van der Waals surface area contributed by atoms with Gasteiger partial charge in [-0.2, -0.15) is 0 Å². The monoisotopic (exact) mass is 256 g/mol. The first-order valence-corrected chi connectivity index (χ1v) is 6.55. The minimum absolute atomic E-state index is 0.303. The second-order valence-corrected chi connectivity index (χ2v) is 4.84. The summed E-state index contributed by atoms with van der Waals surface area (Å²) in [6, 6.07) is 3.50. The zero-order chi connectivity index (χ0) is 13.2. The first-order chi connectivity index (χ1) is 9.25. The highest BCUT2D eigenvalue weighted by atomic mass is 16.1. The van der Waals surface area contributed by atoms with Crippen LogP contribution < -0.4 is 10.6 Å². The highest BCUT2D eigenvalue weighted by Crippen LogP contribution is 2.26. The number of carbonyl (C=O) groups excluding carboxylic acids is 1. The third-order valence-electron chi connectivity index (χ3n) is 3.53. The predicted octanol–water partition coefficient (Wildman–Crippen LogP) is 1.72. The van der Waals surface area contributed by atoms with Crippen molar-refractivity contribution in [1.82, 2.24) is 9.97 Å². The molecule has 1 fully saturated rings. The van der Waals surface area contributed by atoms with Crippen LogP contribution in [0.4, 0.5) is 5.69 Å². The number of nitrogens with two attached hydrogens (primary N) is 1. The van der Waals surface area contributed by atoms with Crippen molar-refractivity contribution in [2.75, 3.05) is 18.0 Å². The number of hydrogen-bond donors (Lipinski definition) is 1. The first-order valence-electron chi connectivity index (χ1n) is 6.55. The molecule has 3 heterocycles. The molecule has 0 spiro atoms. The van der Waals surface area contributed by atoms with Gasteiger partial charge in [-0.3, -0.25) is 9.78 Å². The van der Waals surface area contributed by atoms with Gasteiger partial charge in [0.25, 0.3) is 5.91 Å². The number of piperidine rings is 1. The average molecular weight is 256 g/mol. The van der Waals surface area contributed by atoms with Crippen molar-refractivity contribution in [2.45, 2.75) is 19.3 Å². The van der Waals surface area contributed by atoms with Crippen molar-refractivity contribution in [3.05, 3.63) is 30.2 Å². The summed E-state index contributed by atoms with van der Waals surface area (Å²) in [6.45, 7) is 2.03. The normalized spacial score (nSPS) is 15.7. The number of primary amides is 1. The van der Waals surface area contributed by atoms with Gasteiger partial charge in [0.15, 0.2) is 0 Å². The van der Waals surface area contributed by atoms with Crippen LogP contribution in [0.3, 0.4) is 0 Å². The van der Waals surface area contributed by atoms with Gasteiger partial charge < -0.3 is 10.6 Å². The predicted molar refractivity (Wildman–Crippen MR) is 74.1 cm³/mol. The maximum atomic E-state index is 11.3. The van der Waals surface area contributed by atoms with Crippen LogP contribution in [0.25, 0.3) is 10.9 Å². The fourth-order valence-electron chi connectivity index (χ4n) is 2.53. The van der Waals surface area contributed by atoms with Crippen LogP contribution in [-0.4, -0.2) is 29.0 Å². The Morgan fingerprint density at radius 2 is 1.95 bits per heavy atom. The summed E-state index contributed by atoms with van der Waals surface area (Å²) in [5.41, 5.74) is 7.42. The second kappa shape index (κ2) is 4.84. The molecule has 1 aliphatic rings. The van der Waals surface area contributed by atoms with E-state index in [0.29, 0.717) is 5.69 Å². The van der Waals surface area contributed by atoms with Gasteiger partial charge >= 0.3 is 0 Å². The molecular weight excluding hydrogens is 240 g/mol. The molecule has 5 nitrogen and oxygen atoms in total. The Balaban J connectivity index is 2.11. The van der Waals surface area contributed by atoms with E-state index in [1.807, 2.05) is 12.3 Å². The lowest BCUT2D eigenvalue weighted by atomic mass is 10.1. The van der Waals surface area contributed by atoms with Crippen LogP contribution in [0, 0.1) is 0 Å². The summed E-state index contributed by atoms with van der Waals surface area (Å²) in [4.78, 5) is 22.2. The van der Waals surface area contributed by atoms with Crippen LogP contribution in [0.1, 0.15) is 29.8 Å². The molecule has 2 aromatic rings. The summed E-state index contributed by atoms with van der Waals surface area (Å²) < 4.78 is 0. The molecule has 2 N–H and O–H groups in total. The lowest BCUT2D eigenvalue weighted by Gasteiger charge is -2.29. The Labute approximate surface area is 111 Å². The van der Waals surface area contributed by atoms with Crippen molar-refractivity contribution in [2.24, 2.45) is 5.73 Å². The number of rotatable bonds is 2. The Morgan fingerprint density at radius 1 is 1.16 bits per heavy atom. The molecule has 5 heteroatoms. The van der Waals surface area contributed by atoms with E-state index in [1.165, 1.54) is 19.3 Å². The number of nitrogens with zero attached hydrogens (tertiary/aromatic N) is 3. The molecular formula is C14H16N4O. The third-order valence-corrected chi connectivity index (χ3v) is 3.53. The quantitative estimate of drug-likeness (QED) is 0.888. The van der Waals surface area contributed by atoms with Crippen LogP contribution in [-0.2, 0) is 0 Å². The van der Waals surface area contributed by atoms with Gasteiger partial charge in [0, 0.05) is 24.7 Å². The number of anilines is 1. The van der Waals surface area contributed by atoms with Crippen molar-refractivity contribution >= 4 is 22.5 Å². The van der Waals surface area contributed by atoms with Crippen molar-refractivity contribution in [3.63, 3.8) is 0 Å². The molecule has 98 valence electrons. The van der Waals surface area contributed by atoms with E-state index in [9.17, 15) is 4.79 Å². The smallest absolute Gasteiger partial charge is 0.267 e. The molecule has 0 aromatic carbocycles. The van der Waals surface area contributed by atoms with Crippen molar-refractivity contribution in [1.29, 1.82) is 0 Å². The number of carbonyl (C=O) groups is 1. The number of amides is 1. The number of fused-ring (bicyclic) bond motifs is 1. The minimum Gasteiger partial charge on any atom is -0.369 e. The third kappa shape index (κ3) is 2.23. The van der Waals surface area contributed by atoms with Crippen LogP contribution >= 0.6 is 0 Å². The molecule has 3 rings (SSSR count). The van der Waals surface area contributed by atoms with E-state index in [0.717, 1.165) is 29.7 Å². The largest absolute Gasteiger partial charge is 0.369 e. The maximum Gasteiger partial charge on any atom is 0.267 e. The van der Waals surface area contributed by atoms with E-state index in [1.54, 1.807) is 12.3 Å². The van der Waals surface area contributed by atoms with Crippen molar-refractivity contribution < 1.29 is 4.79 Å². The van der Waals surface area contributed by atoms with E-state index in [4.69, 9.17) is 5.73 Å². The average Bonchev–Trinajstić information content (AvgIpc) is 2.47. The van der Waals surface area contributed by atoms with Crippen molar-refractivity contribution in [3.8, 4) is 0 Å². The second-order valence-electron chi connectivity index (χ2n) is 4.84. The number of aromatic nitrogens is 2. The van der Waals surface area contributed by atoms with Gasteiger partial charge in [0.05, 0.1) is 17.4 Å². The summed E-state index contributed by atoms with van der Waals surface area (Å²) in [5.74, 6) is -0.497. The summed E-state index contributed by atoms with van der Waals surface area (Å²) in [6.07, 6.45) is 7.23. The fraction of sp³-hybridized carbons (Fsp3) is 0.357. The molecule has 0 unspecified atom stereocenters. The van der Waals surface area contributed by atoms with Gasteiger partial charge in [-0.15, -0.1) is 0 Å². The lowest BCUT2D eigenvalue weighted by Crippen LogP contribution is -2.29. The van der Waals surface area contributed by atoms with Gasteiger partial charge in [0.1, 0.15) is 5.69 Å². The first kappa shape index (κ1) is 11.9. The molecule has 0 bridgehead atoms. The molecule has 0 radical (unpaired) electrons. The maximum absolute atomic E-state index is 11.3. The summed E-state index contributed by atoms with van der Waals surface area (Å²) >= 11 is 0. The molecule has 19 heavy (non-hydrogen) atoms. The van der Waals surface area contributed by atoms with Gasteiger partial charge in [0.2, 0.25) is 0 Å². The topological polar surface area (TPSA) is 72.1 Å². The molecule has 0 saturated carbocycles. The molecule has 1 aliphatic heterocycles. The number of pyridine rings is 2. The minimum atomic E-state index is -0.497. The lowest BCUT2D eigenvalue weighted by molar-refractivity contribution is 0.0996. The van der Waals surface area contributed by atoms with Crippen LogP contribution in [0.2, 0.25) is 0 Å². The van der Waals surface area contributed by atoms with E-state index >= 15 is 0 Å². The molecule has 1 saturated heterocycles. The number of hydrogen-bond acceptors (Lipinski definition) is 4. The summed E-state index contributed by atoms with van der Waals surface area (Å²) in [5, 5.41) is 0.938. The Morgan fingerprint density at radius 3 is 2.68 bits per heavy atom. The van der Waals surface area contributed by atoms with E-state index in [2.05, 4.69) is 14.9 Å². The summed E-state index contributed by atoms with van der Waals surface area (Å²) in [7, 11) is 0. The highest BCUT2D eigenvalue weighted by Gasteiger charge is 2.15.